The van der Waals surface area contributed by atoms with Crippen molar-refractivity contribution in [2.45, 2.75) is 25.9 Å². The quantitative estimate of drug-likeness (QED) is 0.663. The van der Waals surface area contributed by atoms with Crippen LogP contribution in [0.5, 0.6) is 0 Å². The van der Waals surface area contributed by atoms with E-state index in [9.17, 15) is 0 Å². The maximum absolute atomic E-state index is 5.39. The van der Waals surface area contributed by atoms with Gasteiger partial charge in [0.1, 0.15) is 0 Å². The summed E-state index contributed by atoms with van der Waals surface area (Å²) in [6.45, 7) is 5.98. The van der Waals surface area contributed by atoms with E-state index in [1.807, 2.05) is 24.7 Å². The molecule has 146 valence electrons. The Morgan fingerprint density at radius 1 is 1.14 bits per heavy atom. The Balaban J connectivity index is 1.44. The van der Waals surface area contributed by atoms with Gasteiger partial charge in [-0.05, 0) is 47.4 Å². The second-order valence-corrected chi connectivity index (χ2v) is 7.75. The zero-order valence-corrected chi connectivity index (χ0v) is 16.9. The van der Waals surface area contributed by atoms with Crippen molar-refractivity contribution in [1.29, 1.82) is 0 Å². The third kappa shape index (κ3) is 4.73. The number of hydrogen-bond acceptors (Lipinski definition) is 7. The molecule has 1 aliphatic rings. The Morgan fingerprint density at radius 3 is 2.68 bits per heavy atom. The second kappa shape index (κ2) is 9.23. The molecule has 4 heterocycles. The van der Waals surface area contributed by atoms with Crippen molar-refractivity contribution in [2.24, 2.45) is 0 Å². The third-order valence-electron chi connectivity index (χ3n) is 4.94. The molecule has 0 amide bonds. The number of anilines is 1. The fourth-order valence-corrected chi connectivity index (χ4v) is 4.06. The Bertz CT molecular complexity index is 863. The first-order valence-corrected chi connectivity index (χ1v) is 10.5. The van der Waals surface area contributed by atoms with Gasteiger partial charge in [0.15, 0.2) is 0 Å². The van der Waals surface area contributed by atoms with Gasteiger partial charge in [-0.1, -0.05) is 6.07 Å². The fourth-order valence-electron chi connectivity index (χ4n) is 3.38. The van der Waals surface area contributed by atoms with Gasteiger partial charge in [-0.25, -0.2) is 9.97 Å². The first-order chi connectivity index (χ1) is 13.8. The van der Waals surface area contributed by atoms with E-state index in [0.717, 1.165) is 49.9 Å². The summed E-state index contributed by atoms with van der Waals surface area (Å²) in [4.78, 5) is 15.9. The molecule has 0 bridgehead atoms. The summed E-state index contributed by atoms with van der Waals surface area (Å²) < 4.78 is 5.39. The lowest BCUT2D eigenvalue weighted by Crippen LogP contribution is -2.37. The molecule has 3 aromatic rings. The Labute approximate surface area is 169 Å². The number of aryl methyl sites for hydroxylation is 1. The van der Waals surface area contributed by atoms with Crippen molar-refractivity contribution in [3.63, 3.8) is 0 Å². The Kier molecular flexibility index (Phi) is 6.26. The van der Waals surface area contributed by atoms with Gasteiger partial charge in [0.2, 0.25) is 5.95 Å². The maximum atomic E-state index is 5.39. The van der Waals surface area contributed by atoms with Crippen LogP contribution < -0.4 is 10.2 Å². The van der Waals surface area contributed by atoms with Crippen molar-refractivity contribution >= 4 is 17.3 Å². The molecule has 6 nitrogen and oxygen atoms in total. The van der Waals surface area contributed by atoms with Crippen LogP contribution >= 0.6 is 11.3 Å². The van der Waals surface area contributed by atoms with Crippen LogP contribution in [0.2, 0.25) is 0 Å². The van der Waals surface area contributed by atoms with Crippen molar-refractivity contribution in [3.8, 4) is 0 Å². The number of pyridine rings is 1. The van der Waals surface area contributed by atoms with E-state index in [1.54, 1.807) is 11.3 Å². The van der Waals surface area contributed by atoms with Gasteiger partial charge in [-0.15, -0.1) is 0 Å². The van der Waals surface area contributed by atoms with E-state index < -0.39 is 0 Å². The van der Waals surface area contributed by atoms with E-state index >= 15 is 0 Å². The van der Waals surface area contributed by atoms with Gasteiger partial charge < -0.3 is 15.0 Å². The maximum Gasteiger partial charge on any atom is 0.225 e. The highest BCUT2D eigenvalue weighted by molar-refractivity contribution is 7.07. The van der Waals surface area contributed by atoms with Crippen LogP contribution in [0.1, 0.15) is 28.4 Å². The normalized spacial score (nSPS) is 15.5. The van der Waals surface area contributed by atoms with Crippen LogP contribution in [-0.4, -0.2) is 41.3 Å². The topological polar surface area (TPSA) is 63.2 Å². The molecule has 1 atom stereocenters. The number of nitrogens with zero attached hydrogens (tertiary/aromatic N) is 4. The molecular formula is C21H25N5OS. The van der Waals surface area contributed by atoms with E-state index in [2.05, 4.69) is 55.0 Å². The Morgan fingerprint density at radius 2 is 1.96 bits per heavy atom. The molecule has 0 radical (unpaired) electrons. The molecule has 0 aliphatic carbocycles. The molecule has 3 aromatic heterocycles. The third-order valence-corrected chi connectivity index (χ3v) is 5.67. The lowest BCUT2D eigenvalue weighted by Gasteiger charge is -2.26. The van der Waals surface area contributed by atoms with Gasteiger partial charge in [0.25, 0.3) is 0 Å². The summed E-state index contributed by atoms with van der Waals surface area (Å²) in [5.74, 6) is 0.780. The summed E-state index contributed by atoms with van der Waals surface area (Å²) in [5.41, 5.74) is 4.70. The van der Waals surface area contributed by atoms with E-state index in [-0.39, 0.29) is 6.04 Å². The summed E-state index contributed by atoms with van der Waals surface area (Å²) in [7, 11) is 0. The first-order valence-electron chi connectivity index (χ1n) is 9.59. The lowest BCUT2D eigenvalue weighted by molar-refractivity contribution is 0.122. The number of thiophene rings is 1. The molecule has 0 spiro atoms. The van der Waals surface area contributed by atoms with E-state index in [1.165, 1.54) is 11.1 Å². The predicted molar refractivity (Wildman–Crippen MR) is 112 cm³/mol. The number of aromatic nitrogens is 3. The molecule has 0 unspecified atom stereocenters. The number of rotatable bonds is 7. The molecule has 4 rings (SSSR count). The van der Waals surface area contributed by atoms with Crippen LogP contribution in [0.3, 0.4) is 0 Å². The number of morpholine rings is 1. The largest absolute Gasteiger partial charge is 0.378 e. The number of nitrogens with one attached hydrogen (secondary N) is 1. The lowest BCUT2D eigenvalue weighted by atomic mass is 10.0. The average molecular weight is 396 g/mol. The molecule has 1 saturated heterocycles. The molecule has 1 aliphatic heterocycles. The van der Waals surface area contributed by atoms with Gasteiger partial charge in [0.05, 0.1) is 24.9 Å². The molecule has 0 aromatic carbocycles. The minimum atomic E-state index is 0.148. The standard InChI is InChI=1S/C21H25N5OS/c1-16-3-2-5-22-20(16)19(11-17-4-10-28-15-17)23-12-18-13-24-21(25-14-18)26-6-8-27-9-7-26/h2-5,10,13-15,19,23H,6-9,11-12H2,1H3/t19-/m0/s1. The van der Waals surface area contributed by atoms with Crippen molar-refractivity contribution in [2.75, 3.05) is 31.2 Å². The molecular weight excluding hydrogens is 370 g/mol. The van der Waals surface area contributed by atoms with Crippen LogP contribution in [0.15, 0.2) is 47.5 Å². The van der Waals surface area contributed by atoms with Crippen molar-refractivity contribution < 1.29 is 4.74 Å². The van der Waals surface area contributed by atoms with Gasteiger partial charge in [0, 0.05) is 43.8 Å². The highest BCUT2D eigenvalue weighted by Crippen LogP contribution is 2.21. The van der Waals surface area contributed by atoms with Crippen molar-refractivity contribution in [1.82, 2.24) is 20.3 Å². The Hall–Kier alpha value is -2.35. The summed E-state index contributed by atoms with van der Waals surface area (Å²) in [6.07, 6.45) is 6.61. The minimum absolute atomic E-state index is 0.148. The number of ether oxygens (including phenoxy) is 1. The monoisotopic (exact) mass is 395 g/mol. The molecule has 28 heavy (non-hydrogen) atoms. The van der Waals surface area contributed by atoms with Gasteiger partial charge >= 0.3 is 0 Å². The molecule has 7 heteroatoms. The zero-order chi connectivity index (χ0) is 19.2. The van der Waals surface area contributed by atoms with Crippen LogP contribution in [0, 0.1) is 6.92 Å². The highest BCUT2D eigenvalue weighted by Gasteiger charge is 2.17. The fraction of sp³-hybridized carbons (Fsp3) is 0.381. The van der Waals surface area contributed by atoms with Gasteiger partial charge in [-0.3, -0.25) is 4.98 Å². The first kappa shape index (κ1) is 19.0. The summed E-state index contributed by atoms with van der Waals surface area (Å²) >= 11 is 1.73. The van der Waals surface area contributed by atoms with Crippen LogP contribution in [-0.2, 0) is 17.7 Å². The second-order valence-electron chi connectivity index (χ2n) is 6.97. The SMILES string of the molecule is Cc1cccnc1[C@H](Cc1ccsc1)NCc1cnc(N2CCOCC2)nc1. The highest BCUT2D eigenvalue weighted by atomic mass is 32.1. The average Bonchev–Trinajstić information content (AvgIpc) is 3.26. The van der Waals surface area contributed by atoms with Crippen LogP contribution in [0.25, 0.3) is 0 Å². The van der Waals surface area contributed by atoms with Crippen molar-refractivity contribution in [3.05, 3.63) is 69.9 Å². The smallest absolute Gasteiger partial charge is 0.225 e. The van der Waals surface area contributed by atoms with E-state index in [0.29, 0.717) is 6.54 Å². The summed E-state index contributed by atoms with van der Waals surface area (Å²) in [5, 5.41) is 7.98. The number of hydrogen-bond donors (Lipinski definition) is 1. The zero-order valence-electron chi connectivity index (χ0n) is 16.0. The van der Waals surface area contributed by atoms with E-state index in [4.69, 9.17) is 4.74 Å². The predicted octanol–water partition coefficient (Wildman–Crippen LogP) is 3.15. The molecule has 0 saturated carbocycles. The molecule has 1 N–H and O–H groups in total. The summed E-state index contributed by atoms with van der Waals surface area (Å²) in [6, 6.07) is 6.43. The minimum Gasteiger partial charge on any atom is -0.378 e. The molecule has 1 fully saturated rings. The van der Waals surface area contributed by atoms with Gasteiger partial charge in [-0.2, -0.15) is 11.3 Å². The van der Waals surface area contributed by atoms with Crippen LogP contribution in [0.4, 0.5) is 5.95 Å².